The molecule has 2 rings (SSSR count). The lowest BCUT2D eigenvalue weighted by Gasteiger charge is -2.40. The molecular weight excluding hydrogens is 248 g/mol. The molecule has 18 heavy (non-hydrogen) atoms. The number of nitrogens with one attached hydrogen (secondary N) is 1. The van der Waals surface area contributed by atoms with Crippen LogP contribution in [0.2, 0.25) is 0 Å². The maximum Gasteiger partial charge on any atom is 0.273 e. The van der Waals surface area contributed by atoms with E-state index in [1.54, 1.807) is 12.1 Å². The molecule has 1 saturated carbocycles. The third-order valence-corrected chi connectivity index (χ3v) is 5.07. The van der Waals surface area contributed by atoms with Gasteiger partial charge in [-0.15, -0.1) is 0 Å². The predicted molar refractivity (Wildman–Crippen MR) is 74.9 cm³/mol. The van der Waals surface area contributed by atoms with Gasteiger partial charge in [-0.2, -0.15) is 11.8 Å². The second-order valence-corrected chi connectivity index (χ2v) is 6.00. The number of para-hydroxylation sites is 1. The van der Waals surface area contributed by atoms with Crippen molar-refractivity contribution in [2.75, 3.05) is 12.8 Å². The van der Waals surface area contributed by atoms with Gasteiger partial charge in [0, 0.05) is 29.5 Å². The van der Waals surface area contributed by atoms with Crippen LogP contribution in [-0.2, 0) is 6.54 Å². The number of nitro groups is 1. The highest BCUT2D eigenvalue weighted by Gasteiger charge is 2.35. The van der Waals surface area contributed by atoms with Crippen LogP contribution in [0, 0.1) is 10.1 Å². The Morgan fingerprint density at radius 2 is 2.17 bits per heavy atom. The first-order valence-corrected chi connectivity index (χ1v) is 7.37. The van der Waals surface area contributed by atoms with Crippen molar-refractivity contribution in [2.24, 2.45) is 0 Å². The fourth-order valence-corrected chi connectivity index (χ4v) is 3.23. The molecule has 0 heterocycles. The minimum Gasteiger partial charge on any atom is -0.311 e. The highest BCUT2D eigenvalue weighted by molar-refractivity contribution is 8.00. The molecule has 0 atom stereocenters. The Labute approximate surface area is 111 Å². The second kappa shape index (κ2) is 5.71. The molecule has 1 fully saturated rings. The van der Waals surface area contributed by atoms with E-state index in [4.69, 9.17) is 0 Å². The van der Waals surface area contributed by atoms with E-state index in [0.29, 0.717) is 11.3 Å². The van der Waals surface area contributed by atoms with Crippen molar-refractivity contribution in [1.82, 2.24) is 5.32 Å². The molecule has 0 unspecified atom stereocenters. The summed E-state index contributed by atoms with van der Waals surface area (Å²) >= 11 is 1.91. The van der Waals surface area contributed by atoms with Gasteiger partial charge in [-0.25, -0.2) is 0 Å². The SMILES string of the molecule is CSC1(CNCc2ccccc2[N+](=O)[O-])CCC1. The minimum absolute atomic E-state index is 0.205. The Kier molecular flexibility index (Phi) is 4.24. The monoisotopic (exact) mass is 266 g/mol. The van der Waals surface area contributed by atoms with Crippen molar-refractivity contribution in [3.05, 3.63) is 39.9 Å². The van der Waals surface area contributed by atoms with E-state index in [9.17, 15) is 10.1 Å². The first-order valence-electron chi connectivity index (χ1n) is 6.15. The maximum absolute atomic E-state index is 10.9. The number of thioether (sulfide) groups is 1. The van der Waals surface area contributed by atoms with E-state index in [0.717, 1.165) is 12.1 Å². The first kappa shape index (κ1) is 13.4. The van der Waals surface area contributed by atoms with Gasteiger partial charge in [0.1, 0.15) is 0 Å². The standard InChI is InChI=1S/C13H18N2O2S/c1-18-13(7-4-8-13)10-14-9-11-5-2-3-6-12(11)15(16)17/h2-3,5-6,14H,4,7-10H2,1H3. The Hall–Kier alpha value is -1.07. The highest BCUT2D eigenvalue weighted by Crippen LogP contribution is 2.42. The minimum atomic E-state index is -0.315. The lowest BCUT2D eigenvalue weighted by atomic mass is 9.84. The van der Waals surface area contributed by atoms with Gasteiger partial charge in [-0.05, 0) is 19.1 Å². The van der Waals surface area contributed by atoms with Crippen molar-refractivity contribution < 1.29 is 4.92 Å². The Balaban J connectivity index is 1.92. The van der Waals surface area contributed by atoms with Crippen LogP contribution >= 0.6 is 11.8 Å². The van der Waals surface area contributed by atoms with Crippen LogP contribution in [0.5, 0.6) is 0 Å². The van der Waals surface area contributed by atoms with Crippen LogP contribution in [0.25, 0.3) is 0 Å². The average Bonchev–Trinajstić information content (AvgIpc) is 2.33. The van der Waals surface area contributed by atoms with Gasteiger partial charge in [-0.1, -0.05) is 24.6 Å². The van der Waals surface area contributed by atoms with E-state index in [-0.39, 0.29) is 10.6 Å². The number of benzene rings is 1. The summed E-state index contributed by atoms with van der Waals surface area (Å²) in [6.45, 7) is 1.50. The molecular formula is C13H18N2O2S. The number of hydrogen-bond acceptors (Lipinski definition) is 4. The number of hydrogen-bond donors (Lipinski definition) is 1. The highest BCUT2D eigenvalue weighted by atomic mass is 32.2. The molecule has 0 saturated heterocycles. The zero-order valence-corrected chi connectivity index (χ0v) is 11.3. The van der Waals surface area contributed by atoms with Crippen LogP contribution in [-0.4, -0.2) is 22.5 Å². The molecule has 1 aromatic rings. The molecule has 0 aromatic heterocycles. The molecule has 0 radical (unpaired) electrons. The van der Waals surface area contributed by atoms with Crippen LogP contribution in [0.15, 0.2) is 24.3 Å². The van der Waals surface area contributed by atoms with Crippen molar-refractivity contribution in [2.45, 2.75) is 30.6 Å². The van der Waals surface area contributed by atoms with E-state index < -0.39 is 0 Å². The normalized spacial score (nSPS) is 17.2. The van der Waals surface area contributed by atoms with Gasteiger partial charge < -0.3 is 5.32 Å². The van der Waals surface area contributed by atoms with Gasteiger partial charge in [0.2, 0.25) is 0 Å². The molecule has 1 aliphatic rings. The van der Waals surface area contributed by atoms with Gasteiger partial charge in [0.25, 0.3) is 5.69 Å². The summed E-state index contributed by atoms with van der Waals surface area (Å²) < 4.78 is 0.365. The van der Waals surface area contributed by atoms with Gasteiger partial charge in [0.05, 0.1) is 4.92 Å². The van der Waals surface area contributed by atoms with Crippen LogP contribution in [0.4, 0.5) is 5.69 Å². The lowest BCUT2D eigenvalue weighted by Crippen LogP contribution is -2.43. The molecule has 0 aliphatic heterocycles. The average molecular weight is 266 g/mol. The molecule has 4 nitrogen and oxygen atoms in total. The fraction of sp³-hybridized carbons (Fsp3) is 0.538. The summed E-state index contributed by atoms with van der Waals surface area (Å²) in [6.07, 6.45) is 5.94. The summed E-state index contributed by atoms with van der Waals surface area (Å²) in [4.78, 5) is 10.6. The predicted octanol–water partition coefficient (Wildman–Crippen LogP) is 2.97. The molecule has 0 bridgehead atoms. The molecule has 98 valence electrons. The van der Waals surface area contributed by atoms with E-state index >= 15 is 0 Å². The summed E-state index contributed by atoms with van der Waals surface area (Å²) in [6, 6.07) is 6.93. The molecule has 1 N–H and O–H groups in total. The van der Waals surface area contributed by atoms with E-state index in [1.165, 1.54) is 19.3 Å². The Morgan fingerprint density at radius 1 is 1.44 bits per heavy atom. The largest absolute Gasteiger partial charge is 0.311 e. The molecule has 0 amide bonds. The fourth-order valence-electron chi connectivity index (χ4n) is 2.29. The van der Waals surface area contributed by atoms with E-state index in [2.05, 4.69) is 11.6 Å². The van der Waals surface area contributed by atoms with Gasteiger partial charge in [0.15, 0.2) is 0 Å². The zero-order chi connectivity index (χ0) is 13.0. The summed E-state index contributed by atoms with van der Waals surface area (Å²) in [7, 11) is 0. The Bertz CT molecular complexity index is 427. The number of nitrogens with zero attached hydrogens (tertiary/aromatic N) is 1. The zero-order valence-electron chi connectivity index (χ0n) is 10.5. The smallest absolute Gasteiger partial charge is 0.273 e. The Morgan fingerprint density at radius 3 is 2.72 bits per heavy atom. The van der Waals surface area contributed by atoms with Crippen LogP contribution in [0.3, 0.4) is 0 Å². The van der Waals surface area contributed by atoms with Crippen molar-refractivity contribution in [1.29, 1.82) is 0 Å². The lowest BCUT2D eigenvalue weighted by molar-refractivity contribution is -0.385. The third-order valence-electron chi connectivity index (χ3n) is 3.65. The number of nitro benzene ring substituents is 1. The van der Waals surface area contributed by atoms with Crippen LogP contribution < -0.4 is 5.32 Å². The van der Waals surface area contributed by atoms with Crippen LogP contribution in [0.1, 0.15) is 24.8 Å². The number of rotatable bonds is 6. The summed E-state index contributed by atoms with van der Waals surface area (Å²) in [5, 5.41) is 14.2. The van der Waals surface area contributed by atoms with Gasteiger partial charge in [-0.3, -0.25) is 10.1 Å². The third kappa shape index (κ3) is 2.84. The van der Waals surface area contributed by atoms with Crippen molar-refractivity contribution >= 4 is 17.4 Å². The molecule has 1 aromatic carbocycles. The van der Waals surface area contributed by atoms with E-state index in [1.807, 2.05) is 23.9 Å². The quantitative estimate of drug-likeness (QED) is 0.635. The molecule has 1 aliphatic carbocycles. The van der Waals surface area contributed by atoms with Crippen molar-refractivity contribution in [3.63, 3.8) is 0 Å². The van der Waals surface area contributed by atoms with Gasteiger partial charge >= 0.3 is 0 Å². The van der Waals surface area contributed by atoms with Crippen molar-refractivity contribution in [3.8, 4) is 0 Å². The summed E-state index contributed by atoms with van der Waals surface area (Å²) in [5.41, 5.74) is 0.967. The molecule has 5 heteroatoms. The first-order chi connectivity index (χ1) is 8.67. The maximum atomic E-state index is 10.9. The second-order valence-electron chi connectivity index (χ2n) is 4.73. The summed E-state index contributed by atoms with van der Waals surface area (Å²) in [5.74, 6) is 0. The topological polar surface area (TPSA) is 55.2 Å². The molecule has 0 spiro atoms.